The van der Waals surface area contributed by atoms with Gasteiger partial charge in [-0.3, -0.25) is 4.79 Å². The first-order valence-electron chi connectivity index (χ1n) is 9.14. The molecule has 0 unspecified atom stereocenters. The molecule has 0 atom stereocenters. The Morgan fingerprint density at radius 2 is 1.60 bits per heavy atom. The van der Waals surface area contributed by atoms with E-state index in [1.165, 1.54) is 66.9 Å². The lowest BCUT2D eigenvalue weighted by Gasteiger charge is -2.26. The van der Waals surface area contributed by atoms with Crippen molar-refractivity contribution in [1.29, 1.82) is 0 Å². The molecule has 0 aromatic heterocycles. The fourth-order valence-corrected chi connectivity index (χ4v) is 5.21. The van der Waals surface area contributed by atoms with E-state index in [0.717, 1.165) is 4.31 Å². The molecular formula is C19H23N3O6S2. The highest BCUT2D eigenvalue weighted by molar-refractivity contribution is 7.89. The number of anilines is 1. The number of hydrogen-bond acceptors (Lipinski definition) is 6. The average molecular weight is 454 g/mol. The third-order valence-electron chi connectivity index (χ3n) is 4.59. The second-order valence-corrected chi connectivity index (χ2v) is 10.9. The summed E-state index contributed by atoms with van der Waals surface area (Å²) < 4.78 is 57.4. The SMILES string of the molecule is CN(C)S(=O)(=O)c1cccc(C(=O)Nc2ccc(S(=O)(=O)N3CCOCC3)cc2)c1. The maximum Gasteiger partial charge on any atom is 0.255 e. The van der Waals surface area contributed by atoms with Crippen LogP contribution in [0.4, 0.5) is 5.69 Å². The Morgan fingerprint density at radius 3 is 2.20 bits per heavy atom. The highest BCUT2D eigenvalue weighted by Gasteiger charge is 2.26. The third-order valence-corrected chi connectivity index (χ3v) is 8.32. The summed E-state index contributed by atoms with van der Waals surface area (Å²) in [5.74, 6) is -0.505. The minimum atomic E-state index is -3.67. The van der Waals surface area contributed by atoms with E-state index in [1.54, 1.807) is 0 Å². The van der Waals surface area contributed by atoms with Gasteiger partial charge in [0.25, 0.3) is 5.91 Å². The molecule has 1 saturated heterocycles. The van der Waals surface area contributed by atoms with E-state index in [4.69, 9.17) is 4.74 Å². The standard InChI is InChI=1S/C19H23N3O6S2/c1-21(2)29(24,25)18-5-3-4-15(14-18)19(23)20-16-6-8-17(9-7-16)30(26,27)22-10-12-28-13-11-22/h3-9,14H,10-13H2,1-2H3,(H,20,23). The fraction of sp³-hybridized carbons (Fsp3) is 0.316. The van der Waals surface area contributed by atoms with Crippen LogP contribution in [0.5, 0.6) is 0 Å². The number of carbonyl (C=O) groups is 1. The number of benzene rings is 2. The number of rotatable bonds is 6. The zero-order valence-corrected chi connectivity index (χ0v) is 18.2. The van der Waals surface area contributed by atoms with Crippen molar-refractivity contribution in [3.8, 4) is 0 Å². The van der Waals surface area contributed by atoms with Crippen LogP contribution in [0.1, 0.15) is 10.4 Å². The van der Waals surface area contributed by atoms with Crippen molar-refractivity contribution >= 4 is 31.6 Å². The maximum atomic E-state index is 12.7. The molecule has 0 spiro atoms. The molecule has 1 heterocycles. The Balaban J connectivity index is 1.75. The van der Waals surface area contributed by atoms with Crippen molar-refractivity contribution in [2.75, 3.05) is 45.7 Å². The van der Waals surface area contributed by atoms with Gasteiger partial charge in [-0.25, -0.2) is 21.1 Å². The van der Waals surface area contributed by atoms with E-state index in [2.05, 4.69) is 5.32 Å². The van der Waals surface area contributed by atoms with E-state index in [9.17, 15) is 21.6 Å². The van der Waals surface area contributed by atoms with Crippen LogP contribution in [0.2, 0.25) is 0 Å². The van der Waals surface area contributed by atoms with Gasteiger partial charge in [0.2, 0.25) is 20.0 Å². The van der Waals surface area contributed by atoms with Crippen molar-refractivity contribution in [3.63, 3.8) is 0 Å². The zero-order chi connectivity index (χ0) is 21.9. The van der Waals surface area contributed by atoms with Crippen molar-refractivity contribution in [1.82, 2.24) is 8.61 Å². The normalized spacial score (nSPS) is 15.8. The Bertz CT molecular complexity index is 1120. The number of sulfonamides is 2. The number of ether oxygens (including phenoxy) is 1. The van der Waals surface area contributed by atoms with E-state index in [0.29, 0.717) is 32.0 Å². The molecule has 9 nitrogen and oxygen atoms in total. The first kappa shape index (κ1) is 22.4. The third kappa shape index (κ3) is 4.71. The van der Waals surface area contributed by atoms with Gasteiger partial charge in [0.1, 0.15) is 0 Å². The fourth-order valence-electron chi connectivity index (χ4n) is 2.86. The predicted molar refractivity (Wildman–Crippen MR) is 111 cm³/mol. The number of nitrogens with zero attached hydrogens (tertiary/aromatic N) is 2. The van der Waals surface area contributed by atoms with E-state index in [-0.39, 0.29) is 15.4 Å². The molecule has 162 valence electrons. The molecule has 1 aliphatic rings. The topological polar surface area (TPSA) is 113 Å². The summed E-state index contributed by atoms with van der Waals surface area (Å²) in [6.07, 6.45) is 0. The van der Waals surface area contributed by atoms with Crippen molar-refractivity contribution < 1.29 is 26.4 Å². The largest absolute Gasteiger partial charge is 0.379 e. The smallest absolute Gasteiger partial charge is 0.255 e. The molecule has 1 N–H and O–H groups in total. The van der Waals surface area contributed by atoms with E-state index < -0.39 is 26.0 Å². The van der Waals surface area contributed by atoms with Crippen LogP contribution >= 0.6 is 0 Å². The first-order valence-corrected chi connectivity index (χ1v) is 12.0. The number of nitrogens with one attached hydrogen (secondary N) is 1. The summed E-state index contributed by atoms with van der Waals surface area (Å²) in [5.41, 5.74) is 0.560. The molecule has 0 aliphatic carbocycles. The van der Waals surface area contributed by atoms with Crippen molar-refractivity contribution in [2.45, 2.75) is 9.79 Å². The second kappa shape index (κ2) is 8.82. The number of morpholine rings is 1. The summed E-state index contributed by atoms with van der Waals surface area (Å²) >= 11 is 0. The highest BCUT2D eigenvalue weighted by Crippen LogP contribution is 2.20. The molecule has 1 fully saturated rings. The molecule has 1 amide bonds. The Labute approximate surface area is 176 Å². The van der Waals surface area contributed by atoms with Crippen LogP contribution in [-0.4, -0.2) is 71.8 Å². The summed E-state index contributed by atoms with van der Waals surface area (Å²) in [7, 11) is -4.46. The molecule has 0 bridgehead atoms. The van der Waals surface area contributed by atoms with Gasteiger partial charge in [-0.05, 0) is 42.5 Å². The van der Waals surface area contributed by atoms with Gasteiger partial charge in [-0.15, -0.1) is 0 Å². The number of carbonyl (C=O) groups excluding carboxylic acids is 1. The monoisotopic (exact) mass is 453 g/mol. The summed E-state index contributed by atoms with van der Waals surface area (Å²) in [4.78, 5) is 12.7. The van der Waals surface area contributed by atoms with Gasteiger partial charge in [-0.2, -0.15) is 4.31 Å². The van der Waals surface area contributed by atoms with Crippen LogP contribution in [-0.2, 0) is 24.8 Å². The Hall–Kier alpha value is -2.31. The molecule has 0 saturated carbocycles. The average Bonchev–Trinajstić information content (AvgIpc) is 2.74. The highest BCUT2D eigenvalue weighted by atomic mass is 32.2. The van der Waals surface area contributed by atoms with Crippen LogP contribution in [0.3, 0.4) is 0 Å². The van der Waals surface area contributed by atoms with Crippen LogP contribution in [0.15, 0.2) is 58.3 Å². The minimum Gasteiger partial charge on any atom is -0.379 e. The molecule has 2 aromatic rings. The summed E-state index contributed by atoms with van der Waals surface area (Å²) in [5, 5.41) is 2.65. The molecule has 1 aliphatic heterocycles. The van der Waals surface area contributed by atoms with Crippen LogP contribution in [0.25, 0.3) is 0 Å². The molecule has 0 radical (unpaired) electrons. The molecular weight excluding hydrogens is 430 g/mol. The van der Waals surface area contributed by atoms with Crippen LogP contribution < -0.4 is 5.32 Å². The van der Waals surface area contributed by atoms with Gasteiger partial charge in [0.15, 0.2) is 0 Å². The number of amides is 1. The Morgan fingerprint density at radius 1 is 0.967 bits per heavy atom. The van der Waals surface area contributed by atoms with Crippen LogP contribution in [0, 0.1) is 0 Å². The van der Waals surface area contributed by atoms with Gasteiger partial charge >= 0.3 is 0 Å². The molecule has 11 heteroatoms. The number of hydrogen-bond donors (Lipinski definition) is 1. The molecule has 30 heavy (non-hydrogen) atoms. The maximum absolute atomic E-state index is 12.7. The quantitative estimate of drug-likeness (QED) is 0.703. The zero-order valence-electron chi connectivity index (χ0n) is 16.6. The van der Waals surface area contributed by atoms with Gasteiger partial charge in [0.05, 0.1) is 23.0 Å². The molecule has 3 rings (SSSR count). The predicted octanol–water partition coefficient (Wildman–Crippen LogP) is 1.21. The second-order valence-electron chi connectivity index (χ2n) is 6.81. The lowest BCUT2D eigenvalue weighted by atomic mass is 10.2. The van der Waals surface area contributed by atoms with Gasteiger partial charge in [0, 0.05) is 38.4 Å². The first-order chi connectivity index (χ1) is 14.1. The molecule has 2 aromatic carbocycles. The lowest BCUT2D eigenvalue weighted by Crippen LogP contribution is -2.40. The van der Waals surface area contributed by atoms with Crippen molar-refractivity contribution in [2.24, 2.45) is 0 Å². The van der Waals surface area contributed by atoms with E-state index in [1.807, 2.05) is 0 Å². The van der Waals surface area contributed by atoms with Gasteiger partial charge in [-0.1, -0.05) is 6.07 Å². The summed E-state index contributed by atoms with van der Waals surface area (Å²) in [6, 6.07) is 11.5. The van der Waals surface area contributed by atoms with Gasteiger partial charge < -0.3 is 10.1 Å². The Kier molecular flexibility index (Phi) is 6.58. The summed E-state index contributed by atoms with van der Waals surface area (Å²) in [6.45, 7) is 1.31. The van der Waals surface area contributed by atoms with Crippen molar-refractivity contribution in [3.05, 3.63) is 54.1 Å². The lowest BCUT2D eigenvalue weighted by molar-refractivity contribution is 0.0730. The van der Waals surface area contributed by atoms with E-state index >= 15 is 0 Å². The minimum absolute atomic E-state index is 0.00658.